The SMILES string of the molecule is CNC/C=C/C(=O)N1CCc2c(sc3ncnc(NC4=CC(C)C(Cl)C(C)=C4)c23)C1. The number of carbonyl (C=O) groups is 1. The number of hydrogen-bond donors (Lipinski definition) is 2. The van der Waals surface area contributed by atoms with Crippen LogP contribution in [-0.4, -0.2) is 46.3 Å². The molecule has 3 heterocycles. The number of amides is 1. The van der Waals surface area contributed by atoms with E-state index in [1.165, 1.54) is 10.4 Å². The van der Waals surface area contributed by atoms with Gasteiger partial charge in [0, 0.05) is 29.7 Å². The van der Waals surface area contributed by atoms with Crippen LogP contribution in [0.5, 0.6) is 0 Å². The number of carbonyl (C=O) groups excluding carboxylic acids is 1. The van der Waals surface area contributed by atoms with Crippen LogP contribution in [0.1, 0.15) is 24.3 Å². The molecule has 0 bridgehead atoms. The molecule has 1 aliphatic carbocycles. The molecule has 0 spiro atoms. The van der Waals surface area contributed by atoms with Gasteiger partial charge in [0.15, 0.2) is 0 Å². The van der Waals surface area contributed by atoms with Crippen LogP contribution in [0.3, 0.4) is 0 Å². The van der Waals surface area contributed by atoms with Crippen LogP contribution in [0.4, 0.5) is 5.82 Å². The van der Waals surface area contributed by atoms with Crippen LogP contribution < -0.4 is 10.6 Å². The van der Waals surface area contributed by atoms with Gasteiger partial charge in [-0.15, -0.1) is 22.9 Å². The lowest BCUT2D eigenvalue weighted by molar-refractivity contribution is -0.126. The van der Waals surface area contributed by atoms with Crippen LogP contribution >= 0.6 is 22.9 Å². The highest BCUT2D eigenvalue weighted by atomic mass is 35.5. The molecule has 0 aromatic carbocycles. The molecule has 0 saturated heterocycles. The molecule has 6 nitrogen and oxygen atoms in total. The Labute approximate surface area is 185 Å². The Bertz CT molecular complexity index is 1060. The second kappa shape index (κ2) is 8.88. The van der Waals surface area contributed by atoms with E-state index < -0.39 is 0 Å². The molecule has 2 unspecified atom stereocenters. The van der Waals surface area contributed by atoms with Crippen molar-refractivity contribution in [3.63, 3.8) is 0 Å². The number of allylic oxidation sites excluding steroid dienone is 3. The second-order valence-electron chi connectivity index (χ2n) is 7.77. The zero-order chi connectivity index (χ0) is 21.3. The molecule has 2 N–H and O–H groups in total. The van der Waals surface area contributed by atoms with Crippen molar-refractivity contribution in [2.24, 2.45) is 5.92 Å². The molecule has 2 aliphatic rings. The third-order valence-electron chi connectivity index (χ3n) is 5.52. The van der Waals surface area contributed by atoms with E-state index in [0.29, 0.717) is 19.6 Å². The molecular formula is C22H26ClN5OS. The Morgan fingerprint density at radius 2 is 2.27 bits per heavy atom. The number of hydrogen-bond acceptors (Lipinski definition) is 6. The summed E-state index contributed by atoms with van der Waals surface area (Å²) in [7, 11) is 1.86. The molecule has 0 radical (unpaired) electrons. The maximum atomic E-state index is 12.5. The van der Waals surface area contributed by atoms with Gasteiger partial charge in [0.25, 0.3) is 0 Å². The largest absolute Gasteiger partial charge is 0.340 e. The van der Waals surface area contributed by atoms with Crippen LogP contribution in [0, 0.1) is 5.92 Å². The van der Waals surface area contributed by atoms with Gasteiger partial charge >= 0.3 is 0 Å². The van der Waals surface area contributed by atoms with Crippen molar-refractivity contribution < 1.29 is 4.79 Å². The summed E-state index contributed by atoms with van der Waals surface area (Å²) in [6.07, 6.45) is 10.1. The summed E-state index contributed by atoms with van der Waals surface area (Å²) in [6.45, 7) is 6.18. The Balaban J connectivity index is 1.60. The van der Waals surface area contributed by atoms with Gasteiger partial charge in [-0.1, -0.05) is 24.6 Å². The van der Waals surface area contributed by atoms with E-state index in [1.807, 2.05) is 18.0 Å². The van der Waals surface area contributed by atoms with Crippen LogP contribution in [-0.2, 0) is 17.8 Å². The lowest BCUT2D eigenvalue weighted by Crippen LogP contribution is -2.34. The number of fused-ring (bicyclic) bond motifs is 3. The minimum absolute atomic E-state index is 0.0283. The van der Waals surface area contributed by atoms with Crippen molar-refractivity contribution >= 4 is 44.9 Å². The van der Waals surface area contributed by atoms with E-state index in [4.69, 9.17) is 11.6 Å². The van der Waals surface area contributed by atoms with Crippen LogP contribution in [0.2, 0.25) is 0 Å². The van der Waals surface area contributed by atoms with Crippen molar-refractivity contribution in [2.45, 2.75) is 32.2 Å². The number of thiophene rings is 1. The predicted octanol–water partition coefficient (Wildman–Crippen LogP) is 3.85. The Kier molecular flexibility index (Phi) is 6.22. The minimum atomic E-state index is 0.0283. The molecule has 1 amide bonds. The first-order chi connectivity index (χ1) is 14.5. The third kappa shape index (κ3) is 4.15. The van der Waals surface area contributed by atoms with Crippen LogP contribution in [0.15, 0.2) is 41.9 Å². The Morgan fingerprint density at radius 1 is 1.43 bits per heavy atom. The quantitative estimate of drug-likeness (QED) is 0.542. The summed E-state index contributed by atoms with van der Waals surface area (Å²) in [4.78, 5) is 25.5. The number of alkyl halides is 1. The average Bonchev–Trinajstić information content (AvgIpc) is 3.10. The Morgan fingerprint density at radius 3 is 3.03 bits per heavy atom. The molecule has 2 aromatic rings. The van der Waals surface area contributed by atoms with Crippen molar-refractivity contribution in [1.29, 1.82) is 0 Å². The van der Waals surface area contributed by atoms with E-state index in [0.717, 1.165) is 33.7 Å². The smallest absolute Gasteiger partial charge is 0.246 e. The fourth-order valence-corrected chi connectivity index (χ4v) is 5.30. The molecule has 158 valence electrons. The first kappa shape index (κ1) is 21.0. The molecule has 2 atom stereocenters. The maximum Gasteiger partial charge on any atom is 0.246 e. The van der Waals surface area contributed by atoms with Crippen molar-refractivity contribution in [1.82, 2.24) is 20.2 Å². The van der Waals surface area contributed by atoms with Gasteiger partial charge < -0.3 is 15.5 Å². The van der Waals surface area contributed by atoms with Crippen LogP contribution in [0.25, 0.3) is 10.2 Å². The zero-order valence-electron chi connectivity index (χ0n) is 17.4. The monoisotopic (exact) mass is 443 g/mol. The number of likely N-dealkylation sites (N-methyl/N-ethyl adjacent to an activating group) is 1. The second-order valence-corrected chi connectivity index (χ2v) is 9.33. The lowest BCUT2D eigenvalue weighted by atomic mass is 9.94. The highest BCUT2D eigenvalue weighted by molar-refractivity contribution is 7.19. The van der Waals surface area contributed by atoms with E-state index in [-0.39, 0.29) is 17.2 Å². The topological polar surface area (TPSA) is 70.2 Å². The molecule has 1 aliphatic heterocycles. The zero-order valence-corrected chi connectivity index (χ0v) is 19.0. The normalized spacial score (nSPS) is 21.5. The van der Waals surface area contributed by atoms with E-state index in [2.05, 4.69) is 46.6 Å². The standard InChI is InChI=1S/C22H26ClN5OS/c1-13-9-15(10-14(2)20(13)23)27-21-19-16-6-8-28(18(29)5-4-7-24-3)11-17(16)30-22(19)26-12-25-21/h4-5,9-10,12-13,20,24H,6-8,11H2,1-3H3,(H,25,26,27)/b5-4+. The first-order valence-electron chi connectivity index (χ1n) is 10.1. The van der Waals surface area contributed by atoms with E-state index in [1.54, 1.807) is 23.7 Å². The fraction of sp³-hybridized carbons (Fsp3) is 0.409. The summed E-state index contributed by atoms with van der Waals surface area (Å²) < 4.78 is 0. The van der Waals surface area contributed by atoms with Gasteiger partial charge in [-0.05, 0) is 37.9 Å². The number of nitrogens with zero attached hydrogens (tertiary/aromatic N) is 3. The van der Waals surface area contributed by atoms with Gasteiger partial charge in [0.1, 0.15) is 17.0 Å². The number of rotatable bonds is 5. The summed E-state index contributed by atoms with van der Waals surface area (Å²) >= 11 is 8.08. The molecule has 0 saturated carbocycles. The first-order valence-corrected chi connectivity index (χ1v) is 11.4. The highest BCUT2D eigenvalue weighted by Gasteiger charge is 2.26. The van der Waals surface area contributed by atoms with Crippen molar-refractivity contribution in [3.05, 3.63) is 52.3 Å². The molecule has 4 rings (SSSR count). The van der Waals surface area contributed by atoms with E-state index >= 15 is 0 Å². The summed E-state index contributed by atoms with van der Waals surface area (Å²) in [5.74, 6) is 1.13. The maximum absolute atomic E-state index is 12.5. The Hall–Kier alpha value is -2.22. The van der Waals surface area contributed by atoms with E-state index in [9.17, 15) is 4.79 Å². The predicted molar refractivity (Wildman–Crippen MR) is 124 cm³/mol. The average molecular weight is 444 g/mol. The summed E-state index contributed by atoms with van der Waals surface area (Å²) in [5.41, 5.74) is 3.41. The van der Waals surface area contributed by atoms with Crippen molar-refractivity contribution in [3.8, 4) is 0 Å². The molecule has 2 aromatic heterocycles. The molecular weight excluding hydrogens is 418 g/mol. The van der Waals surface area contributed by atoms with Gasteiger partial charge in [0.2, 0.25) is 5.91 Å². The molecule has 8 heteroatoms. The molecule has 0 fully saturated rings. The number of halogens is 1. The van der Waals surface area contributed by atoms with Gasteiger partial charge in [-0.25, -0.2) is 9.97 Å². The number of aromatic nitrogens is 2. The highest BCUT2D eigenvalue weighted by Crippen LogP contribution is 2.38. The lowest BCUT2D eigenvalue weighted by Gasteiger charge is -2.26. The minimum Gasteiger partial charge on any atom is -0.340 e. The van der Waals surface area contributed by atoms with Gasteiger partial charge in [0.05, 0.1) is 17.3 Å². The van der Waals surface area contributed by atoms with Gasteiger partial charge in [-0.3, -0.25) is 4.79 Å². The summed E-state index contributed by atoms with van der Waals surface area (Å²) in [6, 6.07) is 0. The number of anilines is 1. The fourth-order valence-electron chi connectivity index (χ4n) is 3.96. The number of nitrogens with one attached hydrogen (secondary N) is 2. The summed E-state index contributed by atoms with van der Waals surface area (Å²) in [5, 5.41) is 7.61. The van der Waals surface area contributed by atoms with Gasteiger partial charge in [-0.2, -0.15) is 0 Å². The van der Waals surface area contributed by atoms with Crippen molar-refractivity contribution in [2.75, 3.05) is 25.5 Å². The third-order valence-corrected chi connectivity index (χ3v) is 7.38. The molecule has 30 heavy (non-hydrogen) atoms.